The number of thioether (sulfide) groups is 1. The van der Waals surface area contributed by atoms with Crippen LogP contribution in [-0.2, 0) is 15.3 Å². The van der Waals surface area contributed by atoms with Gasteiger partial charge in [0.1, 0.15) is 12.6 Å². The van der Waals surface area contributed by atoms with Crippen LogP contribution in [0.2, 0.25) is 0 Å². The number of fused-ring (bicyclic) bond motifs is 1. The molecule has 0 spiro atoms. The first-order valence-electron chi connectivity index (χ1n) is 10.6. The van der Waals surface area contributed by atoms with E-state index in [2.05, 4.69) is 29.0 Å². The minimum absolute atomic E-state index is 0.143. The lowest BCUT2D eigenvalue weighted by Gasteiger charge is -2.28. The van der Waals surface area contributed by atoms with Crippen LogP contribution < -0.4 is 10.2 Å². The predicted molar refractivity (Wildman–Crippen MR) is 132 cm³/mol. The summed E-state index contributed by atoms with van der Waals surface area (Å²) in [6, 6.07) is 17.8. The van der Waals surface area contributed by atoms with Gasteiger partial charge in [-0.2, -0.15) is 4.98 Å². The van der Waals surface area contributed by atoms with Gasteiger partial charge in [-0.05, 0) is 30.2 Å². The lowest BCUT2D eigenvalue weighted by molar-refractivity contribution is -0.138. The van der Waals surface area contributed by atoms with Crippen molar-refractivity contribution in [2.45, 2.75) is 23.9 Å². The number of rotatable bonds is 8. The van der Waals surface area contributed by atoms with Crippen molar-refractivity contribution in [3.63, 3.8) is 0 Å². The second-order valence-corrected chi connectivity index (χ2v) is 8.82. The molecule has 0 saturated carbocycles. The number of ether oxygens (including phenoxy) is 1. The third-order valence-corrected chi connectivity index (χ3v) is 6.23. The highest BCUT2D eigenvalue weighted by molar-refractivity contribution is 7.98. The van der Waals surface area contributed by atoms with Gasteiger partial charge < -0.3 is 15.0 Å². The summed E-state index contributed by atoms with van der Waals surface area (Å²) in [5, 5.41) is 8.64. The van der Waals surface area contributed by atoms with Crippen LogP contribution in [-0.4, -0.2) is 41.4 Å². The van der Waals surface area contributed by atoms with Gasteiger partial charge in [0.05, 0.1) is 5.57 Å². The molecule has 2 heterocycles. The van der Waals surface area contributed by atoms with Crippen LogP contribution >= 0.6 is 11.8 Å². The summed E-state index contributed by atoms with van der Waals surface area (Å²) in [5.74, 6) is 0.957. The van der Waals surface area contributed by atoms with Crippen LogP contribution in [0, 0.1) is 0 Å². The molecule has 0 radical (unpaired) electrons. The number of carbonyl (C=O) groups is 1. The number of esters is 1. The molecule has 1 unspecified atom stereocenters. The third-order valence-electron chi connectivity index (χ3n) is 5.32. The molecular formula is C25H27N5O2S. The van der Waals surface area contributed by atoms with E-state index >= 15 is 0 Å². The maximum Gasteiger partial charge on any atom is 0.338 e. The van der Waals surface area contributed by atoms with Crippen molar-refractivity contribution in [3.05, 3.63) is 89.6 Å². The zero-order valence-electron chi connectivity index (χ0n) is 19.0. The third kappa shape index (κ3) is 4.96. The summed E-state index contributed by atoms with van der Waals surface area (Å²) < 4.78 is 7.19. The Morgan fingerprint density at radius 2 is 1.94 bits per heavy atom. The molecule has 7 nitrogen and oxygen atoms in total. The topological polar surface area (TPSA) is 72.3 Å². The number of nitrogens with one attached hydrogen (secondary N) is 1. The fourth-order valence-corrected chi connectivity index (χ4v) is 4.44. The van der Waals surface area contributed by atoms with E-state index in [1.807, 2.05) is 68.4 Å². The first kappa shape index (κ1) is 22.7. The van der Waals surface area contributed by atoms with Gasteiger partial charge >= 0.3 is 5.97 Å². The van der Waals surface area contributed by atoms with Gasteiger partial charge in [-0.25, -0.2) is 9.48 Å². The molecule has 4 rings (SSSR count). The van der Waals surface area contributed by atoms with Gasteiger partial charge in [-0.15, -0.1) is 5.10 Å². The minimum atomic E-state index is -0.451. The number of anilines is 2. The average molecular weight is 462 g/mol. The fraction of sp³-hybridized carbons (Fsp3) is 0.240. The van der Waals surface area contributed by atoms with Crippen molar-refractivity contribution in [3.8, 4) is 0 Å². The molecule has 1 N–H and O–H groups in total. The number of allylic oxidation sites excluding steroid dienone is 1. The lowest BCUT2D eigenvalue weighted by Crippen LogP contribution is -2.29. The molecule has 0 aliphatic carbocycles. The molecule has 2 aromatic carbocycles. The molecule has 8 heteroatoms. The van der Waals surface area contributed by atoms with Crippen molar-refractivity contribution in [1.29, 1.82) is 0 Å². The average Bonchev–Trinajstić information content (AvgIpc) is 3.23. The maximum absolute atomic E-state index is 13.0. The number of hydrogen-bond acceptors (Lipinski definition) is 7. The maximum atomic E-state index is 13.0. The van der Waals surface area contributed by atoms with Gasteiger partial charge in [-0.3, -0.25) is 0 Å². The van der Waals surface area contributed by atoms with E-state index in [0.717, 1.165) is 17.0 Å². The second kappa shape index (κ2) is 9.95. The van der Waals surface area contributed by atoms with E-state index < -0.39 is 12.0 Å². The van der Waals surface area contributed by atoms with Crippen molar-refractivity contribution in [2.75, 3.05) is 30.9 Å². The standard InChI is InChI=1S/C25H27N5O2S/c1-5-15-32-23(31)21-17(2)26-24-27-25(33-16-18-9-7-6-8-10-18)28-30(24)22(21)19-11-13-20(14-12-19)29(3)4/h5-14,22H,1,15-16H2,2-4H3,(H,26,27,28). The number of hydrogen-bond donors (Lipinski definition) is 1. The minimum Gasteiger partial charge on any atom is -0.458 e. The predicted octanol–water partition coefficient (Wildman–Crippen LogP) is 4.65. The molecule has 1 aromatic heterocycles. The normalized spacial score (nSPS) is 14.9. The van der Waals surface area contributed by atoms with Crippen LogP contribution in [0.3, 0.4) is 0 Å². The molecule has 0 fully saturated rings. The molecule has 3 aromatic rings. The van der Waals surface area contributed by atoms with Crippen LogP contribution in [0.15, 0.2) is 83.7 Å². The molecule has 0 bridgehead atoms. The lowest BCUT2D eigenvalue weighted by atomic mass is 9.95. The number of nitrogens with zero attached hydrogens (tertiary/aromatic N) is 4. The van der Waals surface area contributed by atoms with E-state index in [1.165, 1.54) is 5.56 Å². The Morgan fingerprint density at radius 1 is 1.21 bits per heavy atom. The van der Waals surface area contributed by atoms with E-state index in [1.54, 1.807) is 22.5 Å². The molecule has 1 aliphatic rings. The largest absolute Gasteiger partial charge is 0.458 e. The smallest absolute Gasteiger partial charge is 0.338 e. The van der Waals surface area contributed by atoms with Crippen molar-refractivity contribution in [1.82, 2.24) is 14.8 Å². The Labute approximate surface area is 198 Å². The highest BCUT2D eigenvalue weighted by Gasteiger charge is 2.35. The number of aromatic nitrogens is 3. The highest BCUT2D eigenvalue weighted by Crippen LogP contribution is 2.37. The molecule has 170 valence electrons. The van der Waals surface area contributed by atoms with Crippen LogP contribution in [0.25, 0.3) is 0 Å². The first-order chi connectivity index (χ1) is 16.0. The van der Waals surface area contributed by atoms with E-state index in [9.17, 15) is 4.79 Å². The Balaban J connectivity index is 1.69. The van der Waals surface area contributed by atoms with Crippen molar-refractivity contribution < 1.29 is 9.53 Å². The second-order valence-electron chi connectivity index (χ2n) is 7.88. The first-order valence-corrected chi connectivity index (χ1v) is 11.6. The number of carbonyl (C=O) groups excluding carboxylic acids is 1. The van der Waals surface area contributed by atoms with Crippen LogP contribution in [0.1, 0.15) is 24.1 Å². The Morgan fingerprint density at radius 3 is 2.61 bits per heavy atom. The summed E-state index contributed by atoms with van der Waals surface area (Å²) in [7, 11) is 3.99. The molecule has 0 amide bonds. The summed E-state index contributed by atoms with van der Waals surface area (Å²) in [4.78, 5) is 19.7. The quantitative estimate of drug-likeness (QED) is 0.297. The van der Waals surface area contributed by atoms with Crippen LogP contribution in [0.5, 0.6) is 0 Å². The monoisotopic (exact) mass is 461 g/mol. The molecule has 1 atom stereocenters. The highest BCUT2D eigenvalue weighted by atomic mass is 32.2. The van der Waals surface area contributed by atoms with Gasteiger partial charge in [0, 0.05) is 31.2 Å². The molecule has 0 saturated heterocycles. The van der Waals surface area contributed by atoms with Gasteiger partial charge in [0.25, 0.3) is 0 Å². The van der Waals surface area contributed by atoms with E-state index in [4.69, 9.17) is 9.84 Å². The van der Waals surface area contributed by atoms with Crippen LogP contribution in [0.4, 0.5) is 11.6 Å². The SMILES string of the molecule is C=CCOC(=O)C1=C(C)Nc2nc(SCc3ccccc3)nn2C1c1ccc(N(C)C)cc1. The Kier molecular flexibility index (Phi) is 6.84. The summed E-state index contributed by atoms with van der Waals surface area (Å²) in [6.07, 6.45) is 1.56. The fourth-order valence-electron chi connectivity index (χ4n) is 3.65. The van der Waals surface area contributed by atoms with E-state index in [-0.39, 0.29) is 6.61 Å². The zero-order valence-corrected chi connectivity index (χ0v) is 19.8. The zero-order chi connectivity index (χ0) is 23.4. The number of benzene rings is 2. The Hall–Kier alpha value is -3.52. The van der Waals surface area contributed by atoms with Gasteiger partial charge in [0.2, 0.25) is 11.1 Å². The van der Waals surface area contributed by atoms with Gasteiger partial charge in [-0.1, -0.05) is 66.9 Å². The summed E-state index contributed by atoms with van der Waals surface area (Å²) >= 11 is 1.56. The van der Waals surface area contributed by atoms with E-state index in [0.29, 0.717) is 22.4 Å². The summed E-state index contributed by atoms with van der Waals surface area (Å²) in [6.45, 7) is 5.65. The molecular weight excluding hydrogens is 434 g/mol. The summed E-state index contributed by atoms with van der Waals surface area (Å²) in [5.41, 5.74) is 4.40. The van der Waals surface area contributed by atoms with Crippen molar-refractivity contribution >= 4 is 29.4 Å². The Bertz CT molecular complexity index is 1170. The van der Waals surface area contributed by atoms with Gasteiger partial charge in [0.15, 0.2) is 0 Å². The molecule has 1 aliphatic heterocycles. The van der Waals surface area contributed by atoms with Crippen molar-refractivity contribution in [2.24, 2.45) is 0 Å². The molecule has 33 heavy (non-hydrogen) atoms.